The zero-order valence-electron chi connectivity index (χ0n) is 10.2. The van der Waals surface area contributed by atoms with Gasteiger partial charge < -0.3 is 14.2 Å². The number of carbonyl (C=O) groups is 1. The Kier molecular flexibility index (Phi) is 5.07. The van der Waals surface area contributed by atoms with Crippen LogP contribution in [-0.4, -0.2) is 19.9 Å². The third-order valence-electron chi connectivity index (χ3n) is 1.99. The first-order valence-electron chi connectivity index (χ1n) is 5.32. The molecule has 1 rings (SSSR count). The SMILES string of the molecule is CCOC(=O)O/C(C)=C\c1ccc(OC)cc1. The summed E-state index contributed by atoms with van der Waals surface area (Å²) >= 11 is 0. The normalized spacial score (nSPS) is 10.9. The first kappa shape index (κ1) is 13.1. The van der Waals surface area contributed by atoms with Crippen LogP contribution >= 0.6 is 0 Å². The van der Waals surface area contributed by atoms with E-state index in [1.165, 1.54) is 0 Å². The highest BCUT2D eigenvalue weighted by atomic mass is 16.7. The van der Waals surface area contributed by atoms with E-state index in [0.717, 1.165) is 11.3 Å². The lowest BCUT2D eigenvalue weighted by atomic mass is 10.2. The molecule has 0 aliphatic rings. The molecule has 17 heavy (non-hydrogen) atoms. The van der Waals surface area contributed by atoms with Crippen LogP contribution in [0.5, 0.6) is 5.75 Å². The van der Waals surface area contributed by atoms with E-state index >= 15 is 0 Å². The molecule has 1 aromatic carbocycles. The van der Waals surface area contributed by atoms with Gasteiger partial charge in [0, 0.05) is 0 Å². The number of carbonyl (C=O) groups excluding carboxylic acids is 1. The molecule has 1 aromatic rings. The van der Waals surface area contributed by atoms with Gasteiger partial charge in [-0.2, -0.15) is 0 Å². The molecule has 0 aliphatic heterocycles. The van der Waals surface area contributed by atoms with Crippen LogP contribution in [0.4, 0.5) is 4.79 Å². The number of rotatable bonds is 4. The van der Waals surface area contributed by atoms with Crippen molar-refractivity contribution in [3.8, 4) is 5.75 Å². The van der Waals surface area contributed by atoms with Crippen LogP contribution in [0.2, 0.25) is 0 Å². The second kappa shape index (κ2) is 6.58. The molecule has 0 aliphatic carbocycles. The van der Waals surface area contributed by atoms with Crippen molar-refractivity contribution in [1.82, 2.24) is 0 Å². The molecular weight excluding hydrogens is 220 g/mol. The summed E-state index contributed by atoms with van der Waals surface area (Å²) < 4.78 is 14.6. The molecule has 0 aromatic heterocycles. The monoisotopic (exact) mass is 236 g/mol. The van der Waals surface area contributed by atoms with Gasteiger partial charge in [0.05, 0.1) is 13.7 Å². The lowest BCUT2D eigenvalue weighted by Gasteiger charge is -2.04. The van der Waals surface area contributed by atoms with Gasteiger partial charge in [0.25, 0.3) is 0 Å². The van der Waals surface area contributed by atoms with E-state index in [1.807, 2.05) is 24.3 Å². The second-order valence-electron chi connectivity index (χ2n) is 3.31. The van der Waals surface area contributed by atoms with Crippen molar-refractivity contribution in [2.24, 2.45) is 0 Å². The van der Waals surface area contributed by atoms with E-state index in [1.54, 1.807) is 27.0 Å². The number of hydrogen-bond donors (Lipinski definition) is 0. The van der Waals surface area contributed by atoms with Gasteiger partial charge in [-0.05, 0) is 37.6 Å². The van der Waals surface area contributed by atoms with Gasteiger partial charge in [0.2, 0.25) is 0 Å². The Bertz CT molecular complexity index is 392. The molecule has 0 saturated carbocycles. The molecule has 0 heterocycles. The van der Waals surface area contributed by atoms with Crippen molar-refractivity contribution in [2.45, 2.75) is 13.8 Å². The van der Waals surface area contributed by atoms with Crippen LogP contribution in [0.1, 0.15) is 19.4 Å². The molecule has 0 spiro atoms. The Hall–Kier alpha value is -1.97. The molecule has 4 nitrogen and oxygen atoms in total. The second-order valence-corrected chi connectivity index (χ2v) is 3.31. The van der Waals surface area contributed by atoms with Crippen molar-refractivity contribution in [2.75, 3.05) is 13.7 Å². The van der Waals surface area contributed by atoms with Crippen molar-refractivity contribution < 1.29 is 19.0 Å². The smallest absolute Gasteiger partial charge is 0.497 e. The first-order chi connectivity index (χ1) is 8.15. The zero-order chi connectivity index (χ0) is 12.7. The Labute approximate surface area is 101 Å². The maximum absolute atomic E-state index is 11.0. The Morgan fingerprint density at radius 2 is 1.94 bits per heavy atom. The molecule has 4 heteroatoms. The van der Waals surface area contributed by atoms with E-state index in [9.17, 15) is 4.79 Å². The average molecular weight is 236 g/mol. The fourth-order valence-corrected chi connectivity index (χ4v) is 1.24. The van der Waals surface area contributed by atoms with Crippen LogP contribution in [0.3, 0.4) is 0 Å². The maximum Gasteiger partial charge on any atom is 0.513 e. The van der Waals surface area contributed by atoms with Crippen LogP contribution in [0.25, 0.3) is 6.08 Å². The van der Waals surface area contributed by atoms with Gasteiger partial charge in [-0.1, -0.05) is 12.1 Å². The Morgan fingerprint density at radius 1 is 1.29 bits per heavy atom. The highest BCUT2D eigenvalue weighted by molar-refractivity contribution is 5.63. The molecule has 92 valence electrons. The van der Waals surface area contributed by atoms with E-state index < -0.39 is 6.16 Å². The Morgan fingerprint density at radius 3 is 2.47 bits per heavy atom. The summed E-state index contributed by atoms with van der Waals surface area (Å²) in [6, 6.07) is 7.42. The standard InChI is InChI=1S/C13H16O4/c1-4-16-13(14)17-10(2)9-11-5-7-12(15-3)8-6-11/h5-9H,4H2,1-3H3/b10-9-. The minimum Gasteiger partial charge on any atom is -0.497 e. The first-order valence-corrected chi connectivity index (χ1v) is 5.32. The topological polar surface area (TPSA) is 44.8 Å². The summed E-state index contributed by atoms with van der Waals surface area (Å²) in [7, 11) is 1.61. The molecule has 0 saturated heterocycles. The highest BCUT2D eigenvalue weighted by Gasteiger charge is 2.03. The fourth-order valence-electron chi connectivity index (χ4n) is 1.24. The quantitative estimate of drug-likeness (QED) is 0.594. The predicted octanol–water partition coefficient (Wildman–Crippen LogP) is 3.23. The third-order valence-corrected chi connectivity index (χ3v) is 1.99. The van der Waals surface area contributed by atoms with Gasteiger partial charge in [-0.25, -0.2) is 4.79 Å². The van der Waals surface area contributed by atoms with E-state index in [2.05, 4.69) is 4.74 Å². The van der Waals surface area contributed by atoms with Crippen molar-refractivity contribution in [3.63, 3.8) is 0 Å². The molecular formula is C13H16O4. The number of methoxy groups -OCH3 is 1. The van der Waals surface area contributed by atoms with E-state index in [0.29, 0.717) is 12.4 Å². The summed E-state index contributed by atoms with van der Waals surface area (Å²) in [4.78, 5) is 11.0. The molecule has 0 radical (unpaired) electrons. The lowest BCUT2D eigenvalue weighted by molar-refractivity contribution is 0.0826. The van der Waals surface area contributed by atoms with E-state index in [-0.39, 0.29) is 0 Å². The number of allylic oxidation sites excluding steroid dienone is 1. The molecule has 0 N–H and O–H groups in total. The van der Waals surface area contributed by atoms with E-state index in [4.69, 9.17) is 9.47 Å². The number of hydrogen-bond acceptors (Lipinski definition) is 4. The van der Waals surface area contributed by atoms with Crippen molar-refractivity contribution in [3.05, 3.63) is 35.6 Å². The van der Waals surface area contributed by atoms with Gasteiger partial charge >= 0.3 is 6.16 Å². The van der Waals surface area contributed by atoms with Gasteiger partial charge in [0.1, 0.15) is 11.5 Å². The van der Waals surface area contributed by atoms with Gasteiger partial charge in [-0.15, -0.1) is 0 Å². The molecule has 0 fully saturated rings. The van der Waals surface area contributed by atoms with Crippen LogP contribution in [-0.2, 0) is 9.47 Å². The average Bonchev–Trinajstić information content (AvgIpc) is 2.30. The predicted molar refractivity (Wildman–Crippen MR) is 64.8 cm³/mol. The lowest BCUT2D eigenvalue weighted by Crippen LogP contribution is -2.05. The van der Waals surface area contributed by atoms with Crippen molar-refractivity contribution >= 4 is 12.2 Å². The molecule has 0 atom stereocenters. The summed E-state index contributed by atoms with van der Waals surface area (Å²) in [6.07, 6.45) is 1.06. The molecule has 0 amide bonds. The third kappa shape index (κ3) is 4.59. The summed E-state index contributed by atoms with van der Waals surface area (Å²) in [5, 5.41) is 0. The fraction of sp³-hybridized carbons (Fsp3) is 0.308. The largest absolute Gasteiger partial charge is 0.513 e. The molecule has 0 bridgehead atoms. The highest BCUT2D eigenvalue weighted by Crippen LogP contribution is 2.14. The summed E-state index contributed by atoms with van der Waals surface area (Å²) in [5.74, 6) is 1.26. The van der Waals surface area contributed by atoms with Crippen LogP contribution < -0.4 is 4.74 Å². The summed E-state index contributed by atoms with van der Waals surface area (Å²) in [5.41, 5.74) is 0.924. The zero-order valence-corrected chi connectivity index (χ0v) is 10.2. The minimum atomic E-state index is -0.685. The maximum atomic E-state index is 11.0. The van der Waals surface area contributed by atoms with Gasteiger partial charge in [0.15, 0.2) is 0 Å². The van der Waals surface area contributed by atoms with Crippen molar-refractivity contribution in [1.29, 1.82) is 0 Å². The van der Waals surface area contributed by atoms with Crippen LogP contribution in [0, 0.1) is 0 Å². The van der Waals surface area contributed by atoms with Crippen LogP contribution in [0.15, 0.2) is 30.0 Å². The minimum absolute atomic E-state index is 0.300. The Balaban J connectivity index is 2.63. The molecule has 0 unspecified atom stereocenters. The number of ether oxygens (including phenoxy) is 3. The number of benzene rings is 1. The summed E-state index contributed by atoms with van der Waals surface area (Å²) in [6.45, 7) is 3.72. The van der Waals surface area contributed by atoms with Gasteiger partial charge in [-0.3, -0.25) is 0 Å².